The van der Waals surface area contributed by atoms with Crippen molar-refractivity contribution in [3.63, 3.8) is 0 Å². The minimum atomic E-state index is -0.329. The van der Waals surface area contributed by atoms with Crippen molar-refractivity contribution < 1.29 is 18.8 Å². The van der Waals surface area contributed by atoms with E-state index in [0.717, 1.165) is 28.7 Å². The number of rotatable bonds is 7. The number of carbonyl (C=O) groups excluding carboxylic acids is 1. The van der Waals surface area contributed by atoms with Crippen LogP contribution in [0.3, 0.4) is 0 Å². The van der Waals surface area contributed by atoms with E-state index in [4.69, 9.17) is 4.74 Å². The molecule has 2 rings (SSSR count). The maximum Gasteiger partial charge on any atom is 0.309 e. The highest BCUT2D eigenvalue weighted by Gasteiger charge is 2.36. The second kappa shape index (κ2) is 12.9. The molecule has 29 heavy (non-hydrogen) atoms. The molecule has 164 valence electrons. The average molecular weight is 523 g/mol. The lowest BCUT2D eigenvalue weighted by Crippen LogP contribution is -2.49. The molecular formula is C20H31FIN3O4. The Kier molecular flexibility index (Phi) is 11.4. The Morgan fingerprint density at radius 1 is 1.38 bits per heavy atom. The number of aromatic nitrogens is 1. The van der Waals surface area contributed by atoms with Crippen molar-refractivity contribution in [2.24, 2.45) is 17.2 Å². The summed E-state index contributed by atoms with van der Waals surface area (Å²) >= 11 is 2.10. The standard InChI is InChI=1S/C15H20FIN2O2.C5H11NO2/c1-4-21-15(20)11-5-9(2)19(10(3)6-11)14-13(17)7-12(16)8-18-14;1-5(2)3-4-8-6-7/h7-11H,4-6H2,1-3H3;5H,3-4H2,1-2H3/t9-,10-;/m1./s1. The Bertz CT molecular complexity index is 651. The number of hydrogen-bond acceptors (Lipinski definition) is 7. The third-order valence-electron chi connectivity index (χ3n) is 4.69. The molecule has 1 saturated heterocycles. The molecule has 7 nitrogen and oxygen atoms in total. The van der Waals surface area contributed by atoms with Gasteiger partial charge in [0.2, 0.25) is 0 Å². The summed E-state index contributed by atoms with van der Waals surface area (Å²) in [4.78, 5) is 31.9. The number of nitrogens with zero attached hydrogens (tertiary/aromatic N) is 3. The molecule has 2 heterocycles. The summed E-state index contributed by atoms with van der Waals surface area (Å²) in [6, 6.07) is 1.81. The van der Waals surface area contributed by atoms with Gasteiger partial charge in [-0.3, -0.25) is 4.79 Å². The number of halogens is 2. The van der Waals surface area contributed by atoms with E-state index in [-0.39, 0.29) is 29.8 Å². The van der Waals surface area contributed by atoms with Crippen LogP contribution in [0.2, 0.25) is 0 Å². The van der Waals surface area contributed by atoms with Crippen LogP contribution in [0.1, 0.15) is 53.9 Å². The lowest BCUT2D eigenvalue weighted by molar-refractivity contribution is -0.149. The summed E-state index contributed by atoms with van der Waals surface area (Å²) < 4.78 is 19.1. The Labute approximate surface area is 185 Å². The van der Waals surface area contributed by atoms with Gasteiger partial charge in [-0.15, -0.1) is 4.91 Å². The number of esters is 1. The van der Waals surface area contributed by atoms with Crippen molar-refractivity contribution >= 4 is 34.4 Å². The van der Waals surface area contributed by atoms with Crippen molar-refractivity contribution in [3.05, 3.63) is 26.6 Å². The van der Waals surface area contributed by atoms with Crippen LogP contribution >= 0.6 is 22.6 Å². The van der Waals surface area contributed by atoms with Gasteiger partial charge in [-0.05, 0) is 74.6 Å². The summed E-state index contributed by atoms with van der Waals surface area (Å²) in [5.74, 6) is 0.864. The van der Waals surface area contributed by atoms with E-state index in [1.807, 2.05) is 6.92 Å². The smallest absolute Gasteiger partial charge is 0.309 e. The number of anilines is 1. The van der Waals surface area contributed by atoms with Crippen LogP contribution in [0.4, 0.5) is 10.2 Å². The van der Waals surface area contributed by atoms with E-state index in [1.165, 1.54) is 12.3 Å². The van der Waals surface area contributed by atoms with Gasteiger partial charge in [0, 0.05) is 12.1 Å². The summed E-state index contributed by atoms with van der Waals surface area (Å²) in [6.07, 6.45) is 3.61. The van der Waals surface area contributed by atoms with E-state index in [1.54, 1.807) is 0 Å². The van der Waals surface area contributed by atoms with Crippen molar-refractivity contribution in [1.29, 1.82) is 0 Å². The summed E-state index contributed by atoms with van der Waals surface area (Å²) in [7, 11) is 0. The Morgan fingerprint density at radius 3 is 2.48 bits per heavy atom. The molecule has 0 saturated carbocycles. The maximum absolute atomic E-state index is 13.2. The number of carbonyl (C=O) groups is 1. The second-order valence-corrected chi connectivity index (χ2v) is 8.74. The van der Waals surface area contributed by atoms with Crippen LogP contribution < -0.4 is 4.90 Å². The minimum absolute atomic E-state index is 0.0655. The van der Waals surface area contributed by atoms with E-state index in [0.29, 0.717) is 19.1 Å². The SMILES string of the molecule is CC(C)CCON=O.CCOC(=O)C1C[C@@H](C)N(c2ncc(F)cc2I)[C@H](C)C1. The molecule has 1 fully saturated rings. The molecule has 2 atom stereocenters. The fourth-order valence-corrected chi connectivity index (χ4v) is 4.09. The van der Waals surface area contributed by atoms with Crippen molar-refractivity contribution in [3.8, 4) is 0 Å². The van der Waals surface area contributed by atoms with Crippen LogP contribution in [0, 0.1) is 26.1 Å². The molecule has 1 aromatic heterocycles. The quantitative estimate of drug-likeness (QED) is 0.163. The molecule has 0 N–H and O–H groups in total. The van der Waals surface area contributed by atoms with Crippen molar-refractivity contribution in [2.45, 2.75) is 66.0 Å². The van der Waals surface area contributed by atoms with Gasteiger partial charge >= 0.3 is 5.97 Å². The molecular weight excluding hydrogens is 492 g/mol. The van der Waals surface area contributed by atoms with Crippen molar-refractivity contribution in [2.75, 3.05) is 18.1 Å². The average Bonchev–Trinajstić information content (AvgIpc) is 2.63. The Balaban J connectivity index is 0.000000447. The van der Waals surface area contributed by atoms with Gasteiger partial charge in [0.25, 0.3) is 0 Å². The predicted octanol–water partition coefficient (Wildman–Crippen LogP) is 5.11. The largest absolute Gasteiger partial charge is 0.466 e. The van der Waals surface area contributed by atoms with Gasteiger partial charge in [0.05, 0.1) is 22.3 Å². The second-order valence-electron chi connectivity index (χ2n) is 7.57. The predicted molar refractivity (Wildman–Crippen MR) is 119 cm³/mol. The fourth-order valence-electron chi connectivity index (χ4n) is 3.37. The molecule has 1 aromatic rings. The third kappa shape index (κ3) is 8.39. The number of ether oxygens (including phenoxy) is 1. The van der Waals surface area contributed by atoms with Crippen LogP contribution in [0.25, 0.3) is 0 Å². The zero-order valence-corrected chi connectivity index (χ0v) is 19.9. The molecule has 0 amide bonds. The minimum Gasteiger partial charge on any atom is -0.466 e. The van der Waals surface area contributed by atoms with Gasteiger partial charge in [0.1, 0.15) is 18.2 Å². The summed E-state index contributed by atoms with van der Waals surface area (Å²) in [5, 5.41) is 2.26. The molecule has 0 spiro atoms. The van der Waals surface area contributed by atoms with E-state index in [2.05, 4.69) is 70.3 Å². The number of hydrogen-bond donors (Lipinski definition) is 0. The first kappa shape index (κ1) is 25.5. The fraction of sp³-hybridized carbons (Fsp3) is 0.700. The monoisotopic (exact) mass is 523 g/mol. The lowest BCUT2D eigenvalue weighted by atomic mass is 9.87. The highest BCUT2D eigenvalue weighted by atomic mass is 127. The van der Waals surface area contributed by atoms with E-state index >= 15 is 0 Å². The van der Waals surface area contributed by atoms with Gasteiger partial charge in [-0.1, -0.05) is 13.8 Å². The first-order valence-corrected chi connectivity index (χ1v) is 11.0. The normalized spacial score (nSPS) is 21.2. The Hall–Kier alpha value is -1.52. The number of piperidine rings is 1. The van der Waals surface area contributed by atoms with Crippen molar-refractivity contribution in [1.82, 2.24) is 4.98 Å². The summed E-state index contributed by atoms with van der Waals surface area (Å²) in [5.41, 5.74) is 0. The van der Waals surface area contributed by atoms with Crippen LogP contribution in [0.15, 0.2) is 17.6 Å². The van der Waals surface area contributed by atoms with E-state index in [9.17, 15) is 14.1 Å². The first-order valence-electron chi connectivity index (χ1n) is 9.91. The highest BCUT2D eigenvalue weighted by Crippen LogP contribution is 2.34. The topological polar surface area (TPSA) is 81.1 Å². The maximum atomic E-state index is 13.2. The van der Waals surface area contributed by atoms with E-state index < -0.39 is 0 Å². The molecule has 0 aromatic carbocycles. The molecule has 9 heteroatoms. The number of pyridine rings is 1. The molecule has 0 aliphatic carbocycles. The van der Waals surface area contributed by atoms with Crippen LogP contribution in [-0.2, 0) is 14.4 Å². The van der Waals surface area contributed by atoms with Gasteiger partial charge < -0.3 is 14.5 Å². The zero-order chi connectivity index (χ0) is 22.0. The van der Waals surface area contributed by atoms with Crippen LogP contribution in [-0.4, -0.2) is 36.3 Å². The molecule has 0 bridgehead atoms. The first-order chi connectivity index (χ1) is 13.7. The summed E-state index contributed by atoms with van der Waals surface area (Å²) in [6.45, 7) is 11.0. The molecule has 0 unspecified atom stereocenters. The third-order valence-corrected chi connectivity index (χ3v) is 5.49. The highest BCUT2D eigenvalue weighted by molar-refractivity contribution is 14.1. The molecule has 1 aliphatic heterocycles. The Morgan fingerprint density at radius 2 is 2.00 bits per heavy atom. The zero-order valence-electron chi connectivity index (χ0n) is 17.7. The van der Waals surface area contributed by atoms with Crippen LogP contribution in [0.5, 0.6) is 0 Å². The van der Waals surface area contributed by atoms with Gasteiger partial charge in [-0.2, -0.15) is 0 Å². The van der Waals surface area contributed by atoms with Gasteiger partial charge in [-0.25, -0.2) is 9.37 Å². The lowest BCUT2D eigenvalue weighted by Gasteiger charge is -2.43. The molecule has 0 radical (unpaired) electrons. The molecule has 1 aliphatic rings. The van der Waals surface area contributed by atoms with Gasteiger partial charge in [0.15, 0.2) is 5.34 Å².